The van der Waals surface area contributed by atoms with Crippen molar-refractivity contribution in [3.05, 3.63) is 95.8 Å². The van der Waals surface area contributed by atoms with E-state index in [2.05, 4.69) is 50.3 Å². The fourth-order valence-corrected chi connectivity index (χ4v) is 5.40. The number of halogens is 1. The molecule has 3 aromatic rings. The number of ether oxygens (including phenoxy) is 1. The third-order valence-electron chi connectivity index (χ3n) is 7.75. The van der Waals surface area contributed by atoms with Crippen molar-refractivity contribution in [1.82, 2.24) is 0 Å². The summed E-state index contributed by atoms with van der Waals surface area (Å²) >= 11 is 0. The highest BCUT2D eigenvalue weighted by atomic mass is 19.1. The van der Waals surface area contributed by atoms with Crippen LogP contribution in [0.3, 0.4) is 0 Å². The molecular formula is C35H43FO. The molecule has 1 nitrogen and oxygen atoms in total. The lowest BCUT2D eigenvalue weighted by atomic mass is 9.78. The maximum atomic E-state index is 15.1. The van der Waals surface area contributed by atoms with Crippen LogP contribution in [0.5, 0.6) is 0 Å². The molecule has 0 N–H and O–H groups in total. The van der Waals surface area contributed by atoms with Gasteiger partial charge in [-0.05, 0) is 84.2 Å². The Hall–Kier alpha value is -2.71. The van der Waals surface area contributed by atoms with Crippen LogP contribution in [-0.2, 0) is 11.3 Å². The number of benzene rings is 3. The molecule has 0 unspecified atom stereocenters. The second-order valence-electron chi connectivity index (χ2n) is 10.6. The molecule has 0 aliphatic heterocycles. The summed E-state index contributed by atoms with van der Waals surface area (Å²) in [5.41, 5.74) is 6.08. The van der Waals surface area contributed by atoms with Crippen LogP contribution >= 0.6 is 0 Å². The van der Waals surface area contributed by atoms with Gasteiger partial charge in [-0.2, -0.15) is 0 Å². The molecule has 0 spiro atoms. The summed E-state index contributed by atoms with van der Waals surface area (Å²) in [4.78, 5) is 0. The first-order valence-corrected chi connectivity index (χ1v) is 14.4. The maximum Gasteiger partial charge on any atom is 0.131 e. The quantitative estimate of drug-likeness (QED) is 0.178. The van der Waals surface area contributed by atoms with Gasteiger partial charge in [0.25, 0.3) is 0 Å². The molecule has 1 fully saturated rings. The molecular weight excluding hydrogens is 455 g/mol. The first-order valence-electron chi connectivity index (χ1n) is 14.4. The molecule has 0 atom stereocenters. The molecule has 0 bridgehead atoms. The Morgan fingerprint density at radius 2 is 1.49 bits per heavy atom. The van der Waals surface area contributed by atoms with Crippen molar-refractivity contribution in [2.24, 2.45) is 5.92 Å². The molecule has 0 radical (unpaired) electrons. The maximum absolute atomic E-state index is 15.1. The molecule has 37 heavy (non-hydrogen) atoms. The Bertz CT molecular complexity index is 1110. The number of hydrogen-bond donors (Lipinski definition) is 0. The van der Waals surface area contributed by atoms with Gasteiger partial charge < -0.3 is 4.74 Å². The Balaban J connectivity index is 1.34. The summed E-state index contributed by atoms with van der Waals surface area (Å²) in [6.07, 6.45) is 15.8. The van der Waals surface area contributed by atoms with E-state index in [1.165, 1.54) is 56.9 Å². The van der Waals surface area contributed by atoms with Crippen LogP contribution in [-0.4, -0.2) is 6.61 Å². The lowest BCUT2D eigenvalue weighted by Gasteiger charge is -2.27. The summed E-state index contributed by atoms with van der Waals surface area (Å²) in [6, 6.07) is 22.5. The lowest BCUT2D eigenvalue weighted by molar-refractivity contribution is 0.117. The van der Waals surface area contributed by atoms with Gasteiger partial charge in [-0.15, -0.1) is 0 Å². The first-order chi connectivity index (χ1) is 18.2. The topological polar surface area (TPSA) is 9.23 Å². The van der Waals surface area contributed by atoms with Crippen molar-refractivity contribution in [3.63, 3.8) is 0 Å². The number of hydrogen-bond acceptors (Lipinski definition) is 1. The van der Waals surface area contributed by atoms with E-state index in [-0.39, 0.29) is 5.82 Å². The molecule has 1 aliphatic rings. The van der Waals surface area contributed by atoms with E-state index < -0.39 is 0 Å². The minimum Gasteiger partial charge on any atom is -0.377 e. The van der Waals surface area contributed by atoms with Crippen LogP contribution in [0.25, 0.3) is 22.3 Å². The Morgan fingerprint density at radius 1 is 0.784 bits per heavy atom. The predicted molar refractivity (Wildman–Crippen MR) is 155 cm³/mol. The summed E-state index contributed by atoms with van der Waals surface area (Å²) in [5, 5.41) is 0. The third-order valence-corrected chi connectivity index (χ3v) is 7.75. The molecule has 1 saturated carbocycles. The Morgan fingerprint density at radius 3 is 2.16 bits per heavy atom. The Kier molecular flexibility index (Phi) is 10.6. The van der Waals surface area contributed by atoms with E-state index in [1.807, 2.05) is 36.4 Å². The zero-order valence-electron chi connectivity index (χ0n) is 22.7. The molecule has 0 saturated heterocycles. The van der Waals surface area contributed by atoms with Crippen LogP contribution in [0.15, 0.2) is 78.9 Å². The smallest absolute Gasteiger partial charge is 0.131 e. The predicted octanol–water partition coefficient (Wildman–Crippen LogP) is 10.5. The monoisotopic (exact) mass is 498 g/mol. The molecule has 3 aromatic carbocycles. The highest BCUT2D eigenvalue weighted by Crippen LogP contribution is 2.37. The molecule has 0 heterocycles. The largest absolute Gasteiger partial charge is 0.377 e. The van der Waals surface area contributed by atoms with E-state index in [0.717, 1.165) is 41.2 Å². The fourth-order valence-electron chi connectivity index (χ4n) is 5.40. The zero-order chi connectivity index (χ0) is 25.9. The van der Waals surface area contributed by atoms with Crippen molar-refractivity contribution in [1.29, 1.82) is 0 Å². The fraction of sp³-hybridized carbons (Fsp3) is 0.429. The van der Waals surface area contributed by atoms with Gasteiger partial charge >= 0.3 is 0 Å². The lowest BCUT2D eigenvalue weighted by Crippen LogP contribution is -2.11. The standard InChI is InChI=1S/C35H43FO/c1-3-5-7-9-27-10-14-29(15-11-27)30-18-20-31(21-19-30)33-22-23-34(35(36)25-33)32-16-12-28(13-17-32)26-37-24-8-6-4-2/h7,9,12-13,16-23,25,27,29H,3-6,8,10-11,14-15,24,26H2,1-2H3. The molecule has 196 valence electrons. The van der Waals surface area contributed by atoms with Crippen molar-refractivity contribution < 1.29 is 9.13 Å². The van der Waals surface area contributed by atoms with E-state index >= 15 is 4.39 Å². The average molecular weight is 499 g/mol. The van der Waals surface area contributed by atoms with E-state index in [1.54, 1.807) is 6.07 Å². The van der Waals surface area contributed by atoms with Gasteiger partial charge in [-0.1, -0.05) is 106 Å². The second-order valence-corrected chi connectivity index (χ2v) is 10.6. The van der Waals surface area contributed by atoms with E-state index in [4.69, 9.17) is 4.74 Å². The highest BCUT2D eigenvalue weighted by Gasteiger charge is 2.20. The molecule has 1 aliphatic carbocycles. The van der Waals surface area contributed by atoms with Gasteiger partial charge in [-0.3, -0.25) is 0 Å². The Labute approximate surface area is 223 Å². The normalized spacial score (nSPS) is 17.9. The first kappa shape index (κ1) is 27.3. The average Bonchev–Trinajstić information content (AvgIpc) is 2.94. The molecule has 4 rings (SSSR count). The zero-order valence-corrected chi connectivity index (χ0v) is 22.7. The van der Waals surface area contributed by atoms with Gasteiger partial charge in [0.15, 0.2) is 0 Å². The third kappa shape index (κ3) is 7.89. The number of unbranched alkanes of at least 4 members (excludes halogenated alkanes) is 3. The van der Waals surface area contributed by atoms with Gasteiger partial charge in [0.1, 0.15) is 5.82 Å². The van der Waals surface area contributed by atoms with E-state index in [9.17, 15) is 0 Å². The molecule has 0 amide bonds. The number of allylic oxidation sites excluding steroid dienone is 2. The summed E-state index contributed by atoms with van der Waals surface area (Å²) < 4.78 is 20.9. The SMILES string of the molecule is CCCC=CC1CCC(c2ccc(-c3ccc(-c4ccc(COCCCCC)cc4)c(F)c3)cc2)CC1. The summed E-state index contributed by atoms with van der Waals surface area (Å²) in [7, 11) is 0. The van der Waals surface area contributed by atoms with Crippen LogP contribution < -0.4 is 0 Å². The summed E-state index contributed by atoms with van der Waals surface area (Å²) in [5.74, 6) is 1.22. The van der Waals surface area contributed by atoms with Gasteiger partial charge in [0.2, 0.25) is 0 Å². The van der Waals surface area contributed by atoms with E-state index in [0.29, 0.717) is 18.1 Å². The van der Waals surface area contributed by atoms with Crippen molar-refractivity contribution in [2.45, 2.75) is 84.2 Å². The van der Waals surface area contributed by atoms with Crippen molar-refractivity contribution >= 4 is 0 Å². The van der Waals surface area contributed by atoms with Gasteiger partial charge in [-0.25, -0.2) is 4.39 Å². The van der Waals surface area contributed by atoms with Crippen LogP contribution in [0.4, 0.5) is 4.39 Å². The summed E-state index contributed by atoms with van der Waals surface area (Å²) in [6.45, 7) is 5.84. The van der Waals surface area contributed by atoms with Crippen molar-refractivity contribution in [2.75, 3.05) is 6.61 Å². The number of rotatable bonds is 12. The van der Waals surface area contributed by atoms with Crippen LogP contribution in [0.2, 0.25) is 0 Å². The van der Waals surface area contributed by atoms with Crippen molar-refractivity contribution in [3.8, 4) is 22.3 Å². The highest BCUT2D eigenvalue weighted by molar-refractivity contribution is 5.71. The minimum absolute atomic E-state index is 0.181. The van der Waals surface area contributed by atoms with Crippen LogP contribution in [0.1, 0.15) is 88.7 Å². The van der Waals surface area contributed by atoms with Crippen LogP contribution in [0, 0.1) is 11.7 Å². The molecule has 0 aromatic heterocycles. The van der Waals surface area contributed by atoms with Gasteiger partial charge in [0, 0.05) is 12.2 Å². The second kappa shape index (κ2) is 14.3. The van der Waals surface area contributed by atoms with Gasteiger partial charge in [0.05, 0.1) is 6.61 Å². The molecule has 2 heteroatoms. The minimum atomic E-state index is -0.181.